The van der Waals surface area contributed by atoms with Crippen LogP contribution < -0.4 is 19.9 Å². The molecule has 190 valence electrons. The number of H-pyrrole nitrogens is 1. The second kappa shape index (κ2) is 10.0. The van der Waals surface area contributed by atoms with Crippen LogP contribution in [0.25, 0.3) is 22.3 Å². The summed E-state index contributed by atoms with van der Waals surface area (Å²) >= 11 is 0. The summed E-state index contributed by atoms with van der Waals surface area (Å²) in [7, 11) is -0.445. The number of imidazole rings is 1. The highest BCUT2D eigenvalue weighted by molar-refractivity contribution is 7.90. The first-order chi connectivity index (χ1) is 17.2. The number of hydrogen-bond acceptors (Lipinski definition) is 8. The van der Waals surface area contributed by atoms with Gasteiger partial charge >= 0.3 is 5.69 Å². The van der Waals surface area contributed by atoms with Gasteiger partial charge in [-0.1, -0.05) is 18.2 Å². The third-order valence-corrected chi connectivity index (χ3v) is 6.78. The molecule has 1 aromatic carbocycles. The van der Waals surface area contributed by atoms with Gasteiger partial charge in [-0.05, 0) is 37.6 Å². The van der Waals surface area contributed by atoms with E-state index in [1.807, 2.05) is 31.2 Å². The summed E-state index contributed by atoms with van der Waals surface area (Å²) in [5.41, 5.74) is 3.04. The normalized spacial score (nSPS) is 12.5. The summed E-state index contributed by atoms with van der Waals surface area (Å²) in [6.45, 7) is 4.01. The zero-order valence-electron chi connectivity index (χ0n) is 20.7. The smallest absolute Gasteiger partial charge is 0.328 e. The molecule has 3 aromatic heterocycles. The molecule has 4 rings (SSSR count). The fourth-order valence-corrected chi connectivity index (χ4v) is 5.11. The second-order valence-electron chi connectivity index (χ2n) is 8.28. The molecule has 0 fully saturated rings. The molecule has 0 amide bonds. The molecule has 0 radical (unpaired) electrons. The summed E-state index contributed by atoms with van der Waals surface area (Å²) in [6, 6.07) is 9.83. The maximum absolute atomic E-state index is 13.3. The molecule has 0 unspecified atom stereocenters. The number of nitrogens with zero attached hydrogens (tertiary/aromatic N) is 3. The average Bonchev–Trinajstić information content (AvgIpc) is 3.19. The van der Waals surface area contributed by atoms with Crippen molar-refractivity contribution in [3.63, 3.8) is 0 Å². The van der Waals surface area contributed by atoms with Gasteiger partial charge in [-0.25, -0.2) is 23.2 Å². The number of para-hydroxylation sites is 1. The number of methoxy groups -OCH3 is 2. The summed E-state index contributed by atoms with van der Waals surface area (Å²) < 4.78 is 42.6. The van der Waals surface area contributed by atoms with E-state index in [9.17, 15) is 13.2 Å². The molecule has 0 saturated carbocycles. The van der Waals surface area contributed by atoms with Gasteiger partial charge in [-0.3, -0.25) is 4.57 Å². The highest BCUT2D eigenvalue weighted by atomic mass is 32.2. The molecular weight excluding hydrogens is 484 g/mol. The van der Waals surface area contributed by atoms with Crippen LogP contribution in [0.1, 0.15) is 24.2 Å². The molecular formula is C25H28N4O6S. The van der Waals surface area contributed by atoms with E-state index in [-0.39, 0.29) is 11.6 Å². The van der Waals surface area contributed by atoms with Crippen LogP contribution in [0.3, 0.4) is 0 Å². The van der Waals surface area contributed by atoms with E-state index in [0.717, 1.165) is 22.9 Å². The number of hydrogen-bond donors (Lipinski definition) is 1. The molecule has 0 aliphatic rings. The Bertz CT molecular complexity index is 1580. The van der Waals surface area contributed by atoms with Gasteiger partial charge in [0.05, 0.1) is 43.8 Å². The number of sulfone groups is 1. The SMILES string of the molecule is CCOc1nc([C@@H](CS(C)(=O)=O)n2c(=O)[nH]c3c(C)c(-c4ccccc4OC)cnc32)ccc1OC. The van der Waals surface area contributed by atoms with E-state index in [1.54, 1.807) is 32.4 Å². The van der Waals surface area contributed by atoms with Gasteiger partial charge in [0, 0.05) is 23.6 Å². The Morgan fingerprint density at radius 2 is 1.78 bits per heavy atom. The summed E-state index contributed by atoms with van der Waals surface area (Å²) in [5.74, 6) is 0.927. The molecule has 4 aromatic rings. The van der Waals surface area contributed by atoms with Crippen molar-refractivity contribution < 1.29 is 22.6 Å². The van der Waals surface area contributed by atoms with Crippen molar-refractivity contribution >= 4 is 21.0 Å². The number of aromatic nitrogens is 4. The maximum atomic E-state index is 13.3. The number of pyridine rings is 2. The molecule has 0 aliphatic heterocycles. The minimum absolute atomic E-state index is 0.214. The first-order valence-electron chi connectivity index (χ1n) is 11.3. The Morgan fingerprint density at radius 1 is 1.06 bits per heavy atom. The van der Waals surface area contributed by atoms with E-state index in [1.165, 1.54) is 11.7 Å². The fraction of sp³-hybridized carbons (Fsp3) is 0.320. The Labute approximate surface area is 208 Å². The van der Waals surface area contributed by atoms with Gasteiger partial charge in [-0.2, -0.15) is 0 Å². The van der Waals surface area contributed by atoms with E-state index < -0.39 is 21.6 Å². The third kappa shape index (κ3) is 4.78. The van der Waals surface area contributed by atoms with Gasteiger partial charge in [0.15, 0.2) is 11.4 Å². The number of ether oxygens (including phenoxy) is 3. The van der Waals surface area contributed by atoms with Crippen LogP contribution in [0.4, 0.5) is 0 Å². The van der Waals surface area contributed by atoms with Crippen LogP contribution in [-0.4, -0.2) is 60.8 Å². The van der Waals surface area contributed by atoms with Crippen molar-refractivity contribution in [2.24, 2.45) is 0 Å². The van der Waals surface area contributed by atoms with E-state index in [2.05, 4.69) is 15.0 Å². The summed E-state index contributed by atoms with van der Waals surface area (Å²) in [5, 5.41) is 0. The zero-order chi connectivity index (χ0) is 26.0. The number of nitrogens with one attached hydrogen (secondary N) is 1. The van der Waals surface area contributed by atoms with Crippen LogP contribution in [0.2, 0.25) is 0 Å². The molecule has 10 nitrogen and oxygen atoms in total. The molecule has 0 bridgehead atoms. The van der Waals surface area contributed by atoms with Crippen LogP contribution in [0.15, 0.2) is 47.4 Å². The van der Waals surface area contributed by atoms with Crippen LogP contribution in [-0.2, 0) is 9.84 Å². The van der Waals surface area contributed by atoms with E-state index in [0.29, 0.717) is 35.0 Å². The van der Waals surface area contributed by atoms with Crippen LogP contribution >= 0.6 is 0 Å². The van der Waals surface area contributed by atoms with E-state index >= 15 is 0 Å². The highest BCUT2D eigenvalue weighted by Crippen LogP contribution is 2.35. The van der Waals surface area contributed by atoms with Crippen molar-refractivity contribution in [2.45, 2.75) is 19.9 Å². The highest BCUT2D eigenvalue weighted by Gasteiger charge is 2.27. The Kier molecular flexibility index (Phi) is 7.02. The lowest BCUT2D eigenvalue weighted by Gasteiger charge is -2.19. The van der Waals surface area contributed by atoms with E-state index in [4.69, 9.17) is 14.2 Å². The summed E-state index contributed by atoms with van der Waals surface area (Å²) in [6.07, 6.45) is 2.77. The number of aryl methyl sites for hydroxylation is 1. The van der Waals surface area contributed by atoms with Crippen molar-refractivity contribution in [3.8, 4) is 28.5 Å². The van der Waals surface area contributed by atoms with Gasteiger partial charge in [0.1, 0.15) is 15.6 Å². The van der Waals surface area contributed by atoms with Gasteiger partial charge < -0.3 is 19.2 Å². The third-order valence-electron chi connectivity index (χ3n) is 5.86. The summed E-state index contributed by atoms with van der Waals surface area (Å²) in [4.78, 5) is 25.2. The molecule has 3 heterocycles. The molecule has 36 heavy (non-hydrogen) atoms. The quantitative estimate of drug-likeness (QED) is 0.363. The number of aromatic amines is 1. The Balaban J connectivity index is 1.93. The van der Waals surface area contributed by atoms with Gasteiger partial charge in [0.2, 0.25) is 0 Å². The first-order valence-corrected chi connectivity index (χ1v) is 13.3. The predicted octanol–water partition coefficient (Wildman–Crippen LogP) is 3.14. The van der Waals surface area contributed by atoms with Crippen molar-refractivity contribution in [1.82, 2.24) is 19.5 Å². The maximum Gasteiger partial charge on any atom is 0.328 e. The Morgan fingerprint density at radius 3 is 2.44 bits per heavy atom. The van der Waals surface area contributed by atoms with Gasteiger partial charge in [-0.15, -0.1) is 0 Å². The topological polar surface area (TPSA) is 125 Å². The lowest BCUT2D eigenvalue weighted by atomic mass is 10.0. The predicted molar refractivity (Wildman–Crippen MR) is 137 cm³/mol. The second-order valence-corrected chi connectivity index (χ2v) is 10.5. The van der Waals surface area contributed by atoms with Crippen LogP contribution in [0.5, 0.6) is 17.4 Å². The van der Waals surface area contributed by atoms with Crippen molar-refractivity contribution in [2.75, 3.05) is 32.8 Å². The van der Waals surface area contributed by atoms with Crippen molar-refractivity contribution in [1.29, 1.82) is 0 Å². The Hall–Kier alpha value is -3.86. The molecule has 1 N–H and O–H groups in total. The minimum Gasteiger partial charge on any atom is -0.496 e. The lowest BCUT2D eigenvalue weighted by Crippen LogP contribution is -2.29. The molecule has 1 atom stereocenters. The average molecular weight is 513 g/mol. The standard InChI is InChI=1S/C25H28N4O6S/c1-6-35-24-21(34-4)12-11-18(27-24)19(14-36(5,31)32)29-23-22(28-25(29)30)15(2)17(13-26-23)16-9-7-8-10-20(16)33-3/h7-13,19H,6,14H2,1-5H3,(H,28,30)/t19-/m1/s1. The van der Waals surface area contributed by atoms with Crippen LogP contribution in [0, 0.1) is 6.92 Å². The fourth-order valence-electron chi connectivity index (χ4n) is 4.21. The number of fused-ring (bicyclic) bond motifs is 1. The molecule has 11 heteroatoms. The molecule has 0 aliphatic carbocycles. The molecule has 0 saturated heterocycles. The largest absolute Gasteiger partial charge is 0.496 e. The number of rotatable bonds is 9. The van der Waals surface area contributed by atoms with Crippen molar-refractivity contribution in [3.05, 3.63) is 64.3 Å². The minimum atomic E-state index is -3.52. The molecule has 0 spiro atoms. The van der Waals surface area contributed by atoms with Gasteiger partial charge in [0.25, 0.3) is 5.88 Å². The zero-order valence-corrected chi connectivity index (χ0v) is 21.5. The lowest BCUT2D eigenvalue weighted by molar-refractivity contribution is 0.296. The number of benzene rings is 1. The first kappa shape index (κ1) is 25.2. The monoisotopic (exact) mass is 512 g/mol.